The molecule has 0 saturated carbocycles. The van der Waals surface area contributed by atoms with Gasteiger partial charge in [-0.3, -0.25) is 0 Å². The number of pyridine rings is 1. The maximum atomic E-state index is 13.8. The molecule has 3 N–H and O–H groups in total. The maximum absolute atomic E-state index is 13.8. The number of amides is 2. The van der Waals surface area contributed by atoms with Crippen LogP contribution in [0.15, 0.2) is 60.9 Å². The fraction of sp³-hybridized carbons (Fsp3) is 0.486. The number of anilines is 3. The predicted molar refractivity (Wildman–Crippen MR) is 190 cm³/mol. The van der Waals surface area contributed by atoms with E-state index in [1.807, 2.05) is 30.3 Å². The Morgan fingerprint density at radius 3 is 2.64 bits per heavy atom. The molecule has 3 aliphatic rings. The molecule has 266 valence electrons. The number of urea groups is 1. The van der Waals surface area contributed by atoms with Crippen LogP contribution in [0.25, 0.3) is 0 Å². The molecule has 1 saturated heterocycles. The molecule has 1 unspecified atom stereocenters. The van der Waals surface area contributed by atoms with Gasteiger partial charge in [0.1, 0.15) is 35.6 Å². The molecule has 3 aliphatic heterocycles. The number of aromatic nitrogens is 3. The highest BCUT2D eigenvalue weighted by Crippen LogP contribution is 2.33. The SMILES string of the molecule is CCc1c(NCC(C(=O)OC(C)(C)C)N(C(=O)NCc2ccccc2)C2=COCO2)ncnc1N1CCC(c2ccc3c(n2)NCCC3)CC1. The van der Waals surface area contributed by atoms with Crippen LogP contribution < -0.4 is 20.9 Å². The van der Waals surface area contributed by atoms with Gasteiger partial charge in [-0.1, -0.05) is 43.3 Å². The number of hydrogen-bond acceptors (Lipinski definition) is 11. The molecule has 6 rings (SSSR count). The van der Waals surface area contributed by atoms with E-state index >= 15 is 0 Å². The van der Waals surface area contributed by atoms with Crippen molar-refractivity contribution in [3.8, 4) is 0 Å². The van der Waals surface area contributed by atoms with Gasteiger partial charge in [0.05, 0.1) is 0 Å². The molecular weight excluding hydrogens is 636 g/mol. The van der Waals surface area contributed by atoms with Crippen LogP contribution >= 0.6 is 0 Å². The first-order valence-electron chi connectivity index (χ1n) is 17.5. The second-order valence-corrected chi connectivity index (χ2v) is 13.7. The van der Waals surface area contributed by atoms with E-state index in [1.54, 1.807) is 27.1 Å². The van der Waals surface area contributed by atoms with E-state index < -0.39 is 23.6 Å². The molecule has 0 aliphatic carbocycles. The Morgan fingerprint density at radius 1 is 1.12 bits per heavy atom. The fourth-order valence-electron chi connectivity index (χ4n) is 6.57. The van der Waals surface area contributed by atoms with Gasteiger partial charge in [0.2, 0.25) is 12.7 Å². The highest BCUT2D eigenvalue weighted by molar-refractivity contribution is 5.85. The third-order valence-electron chi connectivity index (χ3n) is 9.06. The zero-order valence-electron chi connectivity index (χ0n) is 29.4. The van der Waals surface area contributed by atoms with Crippen molar-refractivity contribution in [1.29, 1.82) is 0 Å². The van der Waals surface area contributed by atoms with E-state index in [-0.39, 0.29) is 25.8 Å². The number of carbonyl (C=O) groups is 2. The summed E-state index contributed by atoms with van der Waals surface area (Å²) in [7, 11) is 0. The van der Waals surface area contributed by atoms with Crippen LogP contribution in [0.3, 0.4) is 0 Å². The van der Waals surface area contributed by atoms with Crippen LogP contribution in [0, 0.1) is 0 Å². The van der Waals surface area contributed by atoms with Crippen molar-refractivity contribution >= 4 is 29.5 Å². The topological polar surface area (TPSA) is 143 Å². The Bertz CT molecular complexity index is 1670. The Labute approximate surface area is 293 Å². The normalized spacial score (nSPS) is 16.6. The van der Waals surface area contributed by atoms with Crippen molar-refractivity contribution in [2.75, 3.05) is 48.5 Å². The predicted octanol–water partition coefficient (Wildman–Crippen LogP) is 5.31. The molecule has 0 radical (unpaired) electrons. The second kappa shape index (κ2) is 15.6. The minimum absolute atomic E-state index is 0.00205. The van der Waals surface area contributed by atoms with E-state index in [4.69, 9.17) is 24.2 Å². The van der Waals surface area contributed by atoms with E-state index in [9.17, 15) is 9.59 Å². The molecule has 0 spiro atoms. The zero-order chi connectivity index (χ0) is 35.1. The monoisotopic (exact) mass is 684 g/mol. The summed E-state index contributed by atoms with van der Waals surface area (Å²) in [6, 6.07) is 12.3. The highest BCUT2D eigenvalue weighted by Gasteiger charge is 2.38. The number of benzene rings is 1. The summed E-state index contributed by atoms with van der Waals surface area (Å²) in [6.45, 7) is 10.3. The largest absolute Gasteiger partial charge is 0.459 e. The van der Waals surface area contributed by atoms with Crippen LogP contribution in [0.4, 0.5) is 22.2 Å². The molecule has 5 heterocycles. The van der Waals surface area contributed by atoms with Crippen molar-refractivity contribution in [3.05, 3.63) is 83.3 Å². The third kappa shape index (κ3) is 8.38. The van der Waals surface area contributed by atoms with E-state index in [0.717, 1.165) is 73.8 Å². The van der Waals surface area contributed by atoms with Gasteiger partial charge in [0, 0.05) is 49.9 Å². The zero-order valence-corrected chi connectivity index (χ0v) is 29.4. The van der Waals surface area contributed by atoms with E-state index in [0.29, 0.717) is 18.2 Å². The lowest BCUT2D eigenvalue weighted by Gasteiger charge is -2.34. The molecule has 1 fully saturated rings. The van der Waals surface area contributed by atoms with Gasteiger partial charge >= 0.3 is 12.0 Å². The lowest BCUT2D eigenvalue weighted by Crippen LogP contribution is -2.53. The number of piperidine rings is 1. The van der Waals surface area contributed by atoms with Gasteiger partial charge in [-0.05, 0) is 70.1 Å². The van der Waals surface area contributed by atoms with Gasteiger partial charge in [-0.15, -0.1) is 0 Å². The van der Waals surface area contributed by atoms with Crippen LogP contribution in [-0.2, 0) is 38.4 Å². The summed E-state index contributed by atoms with van der Waals surface area (Å²) in [6.07, 6.45) is 7.70. The number of carbonyl (C=O) groups excluding carboxylic acids is 2. The van der Waals surface area contributed by atoms with E-state index in [1.165, 1.54) is 16.7 Å². The van der Waals surface area contributed by atoms with Crippen LogP contribution in [0.5, 0.6) is 0 Å². The number of esters is 1. The van der Waals surface area contributed by atoms with Gasteiger partial charge in [-0.25, -0.2) is 29.4 Å². The highest BCUT2D eigenvalue weighted by atomic mass is 16.7. The molecule has 2 aromatic heterocycles. The first kappa shape index (κ1) is 34.8. The van der Waals surface area contributed by atoms with Gasteiger partial charge in [-0.2, -0.15) is 0 Å². The fourth-order valence-corrected chi connectivity index (χ4v) is 6.57. The molecule has 3 aromatic rings. The van der Waals surface area contributed by atoms with Crippen molar-refractivity contribution in [2.45, 2.75) is 83.9 Å². The molecule has 2 amide bonds. The molecule has 0 bridgehead atoms. The molecule has 1 aromatic carbocycles. The molecule has 13 heteroatoms. The number of rotatable bonds is 11. The minimum Gasteiger partial charge on any atom is -0.459 e. The Kier molecular flexibility index (Phi) is 10.9. The average molecular weight is 685 g/mol. The number of ether oxygens (including phenoxy) is 3. The van der Waals surface area contributed by atoms with Crippen LogP contribution in [0.1, 0.15) is 75.3 Å². The van der Waals surface area contributed by atoms with Crippen molar-refractivity contribution < 1.29 is 23.8 Å². The van der Waals surface area contributed by atoms with Crippen LogP contribution in [0.2, 0.25) is 0 Å². The molecular formula is C37H48N8O5. The van der Waals surface area contributed by atoms with Gasteiger partial charge in [0.25, 0.3) is 0 Å². The van der Waals surface area contributed by atoms with E-state index in [2.05, 4.69) is 44.9 Å². The first-order valence-corrected chi connectivity index (χ1v) is 17.5. The smallest absolute Gasteiger partial charge is 0.331 e. The quantitative estimate of drug-likeness (QED) is 0.226. The maximum Gasteiger partial charge on any atom is 0.331 e. The Balaban J connectivity index is 1.19. The molecule has 13 nitrogen and oxygen atoms in total. The standard InChI is InChI=1S/C37H48N8O5/c1-5-28-33(41-23-42-34(28)44-18-15-26(16-19-44)29-14-13-27-12-9-17-38-32(27)43-29)39-21-30(35(46)50-37(2,3)4)45(31-22-48-24-49-31)36(47)40-20-25-10-7-6-8-11-25/h6-8,10-11,13-14,22-23,26,30H,5,9,12,15-21,24H2,1-4H3,(H,38,43)(H,40,47)(H,39,41,42). The van der Waals surface area contributed by atoms with Gasteiger partial charge in [0.15, 0.2) is 6.04 Å². The average Bonchev–Trinajstić information content (AvgIpc) is 3.66. The molecule has 50 heavy (non-hydrogen) atoms. The third-order valence-corrected chi connectivity index (χ3v) is 9.06. The lowest BCUT2D eigenvalue weighted by atomic mass is 9.92. The summed E-state index contributed by atoms with van der Waals surface area (Å²) >= 11 is 0. The van der Waals surface area contributed by atoms with Crippen molar-refractivity contribution in [2.24, 2.45) is 0 Å². The Morgan fingerprint density at radius 2 is 1.92 bits per heavy atom. The second-order valence-electron chi connectivity index (χ2n) is 13.7. The minimum atomic E-state index is -1.12. The summed E-state index contributed by atoms with van der Waals surface area (Å²) in [5.41, 5.74) is 3.50. The van der Waals surface area contributed by atoms with Crippen LogP contribution in [-0.4, -0.2) is 76.5 Å². The van der Waals surface area contributed by atoms with Crippen molar-refractivity contribution in [1.82, 2.24) is 25.2 Å². The Hall–Kier alpha value is -5.07. The number of nitrogens with one attached hydrogen (secondary N) is 3. The number of aryl methyl sites for hydroxylation is 1. The summed E-state index contributed by atoms with van der Waals surface area (Å²) in [5.74, 6) is 2.39. The number of hydrogen-bond donors (Lipinski definition) is 3. The number of nitrogens with zero attached hydrogens (tertiary/aromatic N) is 5. The summed E-state index contributed by atoms with van der Waals surface area (Å²) in [4.78, 5) is 45.4. The van der Waals surface area contributed by atoms with Crippen molar-refractivity contribution in [3.63, 3.8) is 0 Å². The lowest BCUT2D eigenvalue weighted by molar-refractivity contribution is -0.160. The summed E-state index contributed by atoms with van der Waals surface area (Å²) in [5, 5.41) is 9.74. The number of fused-ring (bicyclic) bond motifs is 1. The molecule has 1 atom stereocenters. The first-order chi connectivity index (χ1) is 24.2. The van der Waals surface area contributed by atoms with Gasteiger partial charge < -0.3 is 35.1 Å². The summed E-state index contributed by atoms with van der Waals surface area (Å²) < 4.78 is 16.8.